The predicted octanol–water partition coefficient (Wildman–Crippen LogP) is 3.19. The maximum Gasteiger partial charge on any atom is 0.128 e. The van der Waals surface area contributed by atoms with E-state index in [4.69, 9.17) is 11.6 Å². The van der Waals surface area contributed by atoms with Gasteiger partial charge in [0.1, 0.15) is 5.82 Å². The largest absolute Gasteiger partial charge is 0.316 e. The Hall–Kier alpha value is -0.600. The number of hydrogen-bond donors (Lipinski definition) is 1. The van der Waals surface area contributed by atoms with Crippen LogP contribution in [0.1, 0.15) is 24.8 Å². The summed E-state index contributed by atoms with van der Waals surface area (Å²) in [4.78, 5) is 0. The molecule has 1 nitrogen and oxygen atoms in total. The van der Waals surface area contributed by atoms with Gasteiger partial charge >= 0.3 is 0 Å². The highest BCUT2D eigenvalue weighted by atomic mass is 35.5. The molecule has 2 rings (SSSR count). The summed E-state index contributed by atoms with van der Waals surface area (Å²) in [6, 6.07) is 5.00. The van der Waals surface area contributed by atoms with Crippen LogP contribution in [0, 0.1) is 11.7 Å². The lowest BCUT2D eigenvalue weighted by molar-refractivity contribution is 0.341. The second kappa shape index (κ2) is 4.50. The average Bonchev–Trinajstić information content (AvgIpc) is 2.20. The van der Waals surface area contributed by atoms with Gasteiger partial charge in [0.2, 0.25) is 0 Å². The van der Waals surface area contributed by atoms with Crippen LogP contribution in [0.2, 0.25) is 5.02 Å². The Kier molecular flexibility index (Phi) is 3.27. The van der Waals surface area contributed by atoms with Crippen LogP contribution in [-0.4, -0.2) is 13.1 Å². The number of piperidine rings is 1. The monoisotopic (exact) mass is 227 g/mol. The van der Waals surface area contributed by atoms with Crippen molar-refractivity contribution in [3.8, 4) is 0 Å². The molecule has 1 fully saturated rings. The molecular weight excluding hydrogens is 213 g/mol. The molecule has 0 radical (unpaired) electrons. The normalized spacial score (nSPS) is 26.6. The summed E-state index contributed by atoms with van der Waals surface area (Å²) in [6.45, 7) is 4.09. The van der Waals surface area contributed by atoms with Gasteiger partial charge in [-0.25, -0.2) is 4.39 Å². The van der Waals surface area contributed by atoms with Crippen molar-refractivity contribution in [1.82, 2.24) is 5.32 Å². The molecule has 1 aliphatic heterocycles. The van der Waals surface area contributed by atoms with E-state index in [1.807, 2.05) is 6.07 Å². The third-order valence-corrected chi connectivity index (χ3v) is 3.38. The van der Waals surface area contributed by atoms with Gasteiger partial charge in [-0.1, -0.05) is 24.6 Å². The minimum absolute atomic E-state index is 0.166. The van der Waals surface area contributed by atoms with Crippen LogP contribution in [0.3, 0.4) is 0 Å². The van der Waals surface area contributed by atoms with E-state index in [1.54, 1.807) is 6.07 Å². The fourth-order valence-corrected chi connectivity index (χ4v) is 2.44. The lowest BCUT2D eigenvalue weighted by Gasteiger charge is -2.30. The number of hydrogen-bond acceptors (Lipinski definition) is 1. The van der Waals surface area contributed by atoms with Crippen molar-refractivity contribution in [1.29, 1.82) is 0 Å². The van der Waals surface area contributed by atoms with Crippen LogP contribution in [0.15, 0.2) is 18.2 Å². The minimum Gasteiger partial charge on any atom is -0.316 e. The van der Waals surface area contributed by atoms with Gasteiger partial charge in [-0.15, -0.1) is 0 Å². The van der Waals surface area contributed by atoms with E-state index in [0.717, 1.165) is 25.1 Å². The van der Waals surface area contributed by atoms with Crippen molar-refractivity contribution in [2.45, 2.75) is 19.3 Å². The highest BCUT2D eigenvalue weighted by Crippen LogP contribution is 2.32. The van der Waals surface area contributed by atoms with E-state index in [1.165, 1.54) is 6.07 Å². The lowest BCUT2D eigenvalue weighted by atomic mass is 9.82. The van der Waals surface area contributed by atoms with Gasteiger partial charge in [-0.2, -0.15) is 0 Å². The molecule has 1 aromatic carbocycles. The van der Waals surface area contributed by atoms with Gasteiger partial charge in [-0.3, -0.25) is 0 Å². The highest BCUT2D eigenvalue weighted by molar-refractivity contribution is 6.30. The van der Waals surface area contributed by atoms with Gasteiger partial charge in [-0.05, 0) is 49.0 Å². The zero-order valence-corrected chi connectivity index (χ0v) is 9.52. The quantitative estimate of drug-likeness (QED) is 0.777. The molecule has 0 saturated carbocycles. The molecule has 1 N–H and O–H groups in total. The van der Waals surface area contributed by atoms with Crippen molar-refractivity contribution in [3.63, 3.8) is 0 Å². The molecule has 15 heavy (non-hydrogen) atoms. The van der Waals surface area contributed by atoms with Crippen molar-refractivity contribution < 1.29 is 4.39 Å². The molecule has 82 valence electrons. The predicted molar refractivity (Wildman–Crippen MR) is 60.8 cm³/mol. The Labute approximate surface area is 94.6 Å². The fraction of sp³-hybridized carbons (Fsp3) is 0.500. The summed E-state index contributed by atoms with van der Waals surface area (Å²) in [7, 11) is 0. The first-order valence-corrected chi connectivity index (χ1v) is 5.72. The van der Waals surface area contributed by atoms with Gasteiger partial charge < -0.3 is 5.32 Å². The number of nitrogens with one attached hydrogen (secondary N) is 1. The van der Waals surface area contributed by atoms with E-state index >= 15 is 0 Å². The molecule has 1 saturated heterocycles. The second-order valence-corrected chi connectivity index (χ2v) is 4.68. The first-order chi connectivity index (χ1) is 7.18. The molecule has 1 heterocycles. The number of benzene rings is 1. The van der Waals surface area contributed by atoms with Gasteiger partial charge in [0.15, 0.2) is 0 Å². The van der Waals surface area contributed by atoms with E-state index in [9.17, 15) is 4.39 Å². The summed E-state index contributed by atoms with van der Waals surface area (Å²) in [6.07, 6.45) is 1.000. The maximum atomic E-state index is 13.7. The summed E-state index contributed by atoms with van der Waals surface area (Å²) in [5, 5.41) is 3.79. The SMILES string of the molecule is C[C@@H]1CNCC[C@@H]1c1ccc(Cl)cc1F. The van der Waals surface area contributed by atoms with Crippen molar-refractivity contribution in [3.05, 3.63) is 34.6 Å². The van der Waals surface area contributed by atoms with Crippen LogP contribution in [0.5, 0.6) is 0 Å². The zero-order valence-electron chi connectivity index (χ0n) is 8.76. The van der Waals surface area contributed by atoms with Gasteiger partial charge in [0.25, 0.3) is 0 Å². The number of rotatable bonds is 1. The molecule has 0 amide bonds. The van der Waals surface area contributed by atoms with Crippen LogP contribution in [0.4, 0.5) is 4.39 Å². The lowest BCUT2D eigenvalue weighted by Crippen LogP contribution is -2.34. The molecule has 1 aliphatic rings. The molecule has 0 unspecified atom stereocenters. The first kappa shape index (κ1) is 10.9. The third-order valence-electron chi connectivity index (χ3n) is 3.15. The Balaban J connectivity index is 2.27. The van der Waals surface area contributed by atoms with E-state index < -0.39 is 0 Å². The fourth-order valence-electron chi connectivity index (χ4n) is 2.28. The Morgan fingerprint density at radius 1 is 1.47 bits per heavy atom. The van der Waals surface area contributed by atoms with Crippen molar-refractivity contribution >= 4 is 11.6 Å². The number of halogens is 2. The Morgan fingerprint density at radius 3 is 2.93 bits per heavy atom. The molecule has 3 heteroatoms. The Bertz CT molecular complexity index is 353. The van der Waals surface area contributed by atoms with Crippen LogP contribution in [-0.2, 0) is 0 Å². The summed E-state index contributed by atoms with van der Waals surface area (Å²) >= 11 is 5.74. The first-order valence-electron chi connectivity index (χ1n) is 5.34. The summed E-state index contributed by atoms with van der Waals surface area (Å²) in [5.41, 5.74) is 0.813. The summed E-state index contributed by atoms with van der Waals surface area (Å²) < 4.78 is 13.7. The molecule has 0 aromatic heterocycles. The highest BCUT2D eigenvalue weighted by Gasteiger charge is 2.24. The van der Waals surface area contributed by atoms with Gasteiger partial charge in [0.05, 0.1) is 0 Å². The van der Waals surface area contributed by atoms with Crippen LogP contribution >= 0.6 is 11.6 Å². The molecular formula is C12H15ClFN. The van der Waals surface area contributed by atoms with E-state index in [2.05, 4.69) is 12.2 Å². The second-order valence-electron chi connectivity index (χ2n) is 4.24. The average molecular weight is 228 g/mol. The summed E-state index contributed by atoms with van der Waals surface area (Å²) in [5.74, 6) is 0.638. The van der Waals surface area contributed by atoms with E-state index in [0.29, 0.717) is 16.9 Å². The molecule has 0 spiro atoms. The Morgan fingerprint density at radius 2 is 2.27 bits per heavy atom. The third kappa shape index (κ3) is 2.32. The smallest absolute Gasteiger partial charge is 0.128 e. The van der Waals surface area contributed by atoms with E-state index in [-0.39, 0.29) is 5.82 Å². The van der Waals surface area contributed by atoms with Crippen molar-refractivity contribution in [2.24, 2.45) is 5.92 Å². The van der Waals surface area contributed by atoms with Crippen LogP contribution < -0.4 is 5.32 Å². The van der Waals surface area contributed by atoms with Crippen molar-refractivity contribution in [2.75, 3.05) is 13.1 Å². The molecule has 1 aromatic rings. The topological polar surface area (TPSA) is 12.0 Å². The van der Waals surface area contributed by atoms with Gasteiger partial charge in [0, 0.05) is 5.02 Å². The molecule has 0 aliphatic carbocycles. The molecule has 0 bridgehead atoms. The maximum absolute atomic E-state index is 13.7. The zero-order chi connectivity index (χ0) is 10.8. The minimum atomic E-state index is -0.166. The molecule has 2 atom stereocenters. The van der Waals surface area contributed by atoms with Crippen LogP contribution in [0.25, 0.3) is 0 Å². The standard InChI is InChI=1S/C12H15ClFN/c1-8-7-15-5-4-10(8)11-3-2-9(13)6-12(11)14/h2-3,6,8,10,15H,4-5,7H2,1H3/t8-,10+/m1/s1.